The number of rotatable bonds is 47. The second kappa shape index (κ2) is 42.2. The second-order valence-electron chi connectivity index (χ2n) is 18.2. The van der Waals surface area contributed by atoms with Crippen LogP contribution in [0.5, 0.6) is 0 Å². The van der Waals surface area contributed by atoms with Crippen molar-refractivity contribution in [3.8, 4) is 0 Å². The van der Waals surface area contributed by atoms with Gasteiger partial charge >= 0.3 is 5.97 Å². The minimum Gasteiger partial charge on any atom is -0.756 e. The molecule has 2 atom stereocenters. The van der Waals surface area contributed by atoms with Crippen molar-refractivity contribution in [2.45, 2.75) is 251 Å². The number of nitrogens with zero attached hydrogens (tertiary/aromatic N) is 1. The summed E-state index contributed by atoms with van der Waals surface area (Å²) >= 11 is 0. The van der Waals surface area contributed by atoms with Crippen molar-refractivity contribution in [3.05, 3.63) is 0 Å². The van der Waals surface area contributed by atoms with Gasteiger partial charge < -0.3 is 27.9 Å². The first kappa shape index (κ1) is 56.5. The highest BCUT2D eigenvalue weighted by Crippen LogP contribution is 2.38. The minimum absolute atomic E-state index is 0.0316. The van der Waals surface area contributed by atoms with Crippen LogP contribution in [0.15, 0.2) is 0 Å². The van der Waals surface area contributed by atoms with E-state index in [1.54, 1.807) is 0 Å². The van der Waals surface area contributed by atoms with Gasteiger partial charge in [-0.2, -0.15) is 0 Å². The number of ether oxygens (including phenoxy) is 2. The highest BCUT2D eigenvalue weighted by molar-refractivity contribution is 7.45. The van der Waals surface area contributed by atoms with Crippen LogP contribution in [0.1, 0.15) is 245 Å². The molecule has 0 N–H and O–H groups in total. The molecule has 57 heavy (non-hydrogen) atoms. The summed E-state index contributed by atoms with van der Waals surface area (Å²) in [5.41, 5.74) is 0. The SMILES string of the molecule is CCCCCCCCCCCCCCCCCCCCCC(=O)OC(COCCCCCCCCCCCCCCCCCC)COP(=O)([O-])OCC[N+](C)(C)C. The fourth-order valence-corrected chi connectivity index (χ4v) is 8.04. The molecule has 0 aromatic heterocycles. The molecule has 0 aliphatic carbocycles. The summed E-state index contributed by atoms with van der Waals surface area (Å²) in [6.07, 6.45) is 45.4. The fourth-order valence-electron chi connectivity index (χ4n) is 7.31. The molecule has 0 aliphatic rings. The predicted molar refractivity (Wildman–Crippen MR) is 241 cm³/mol. The van der Waals surface area contributed by atoms with Crippen molar-refractivity contribution in [1.29, 1.82) is 0 Å². The summed E-state index contributed by atoms with van der Waals surface area (Å²) in [7, 11) is 1.38. The third-order valence-electron chi connectivity index (χ3n) is 11.2. The highest BCUT2D eigenvalue weighted by Gasteiger charge is 2.20. The number of esters is 1. The quantitative estimate of drug-likeness (QED) is 0.0261. The van der Waals surface area contributed by atoms with Crippen molar-refractivity contribution in [1.82, 2.24) is 0 Å². The van der Waals surface area contributed by atoms with Crippen LogP contribution in [0.25, 0.3) is 0 Å². The van der Waals surface area contributed by atoms with Crippen LogP contribution in [0.2, 0.25) is 0 Å². The molecule has 0 rings (SSSR count). The maximum absolute atomic E-state index is 12.7. The van der Waals surface area contributed by atoms with E-state index in [2.05, 4.69) is 13.8 Å². The molecule has 0 aliphatic heterocycles. The Morgan fingerprint density at radius 1 is 0.474 bits per heavy atom. The van der Waals surface area contributed by atoms with Gasteiger partial charge in [0.05, 0.1) is 34.4 Å². The van der Waals surface area contributed by atoms with Gasteiger partial charge in [0, 0.05) is 13.0 Å². The lowest BCUT2D eigenvalue weighted by molar-refractivity contribution is -0.870. The van der Waals surface area contributed by atoms with Crippen molar-refractivity contribution in [3.63, 3.8) is 0 Å². The van der Waals surface area contributed by atoms with Crippen molar-refractivity contribution < 1.29 is 37.3 Å². The Balaban J connectivity index is 4.11. The van der Waals surface area contributed by atoms with Crippen molar-refractivity contribution in [2.24, 2.45) is 0 Å². The van der Waals surface area contributed by atoms with Gasteiger partial charge in [0.1, 0.15) is 19.3 Å². The zero-order chi connectivity index (χ0) is 42.0. The zero-order valence-electron chi connectivity index (χ0n) is 38.8. The van der Waals surface area contributed by atoms with Gasteiger partial charge in [0.25, 0.3) is 7.82 Å². The first-order valence-electron chi connectivity index (χ1n) is 24.8. The maximum Gasteiger partial charge on any atom is 0.306 e. The second-order valence-corrected chi connectivity index (χ2v) is 19.6. The van der Waals surface area contributed by atoms with Gasteiger partial charge in [-0.3, -0.25) is 9.36 Å². The van der Waals surface area contributed by atoms with E-state index < -0.39 is 13.9 Å². The topological polar surface area (TPSA) is 94.1 Å². The van der Waals surface area contributed by atoms with E-state index in [1.165, 1.54) is 193 Å². The summed E-state index contributed by atoms with van der Waals surface area (Å²) in [6, 6.07) is 0. The van der Waals surface area contributed by atoms with Gasteiger partial charge in [0.15, 0.2) is 0 Å². The number of phosphoric ester groups is 1. The number of quaternary nitrogens is 1. The standard InChI is InChI=1S/C48H98NO7P/c1-6-8-10-12-14-16-18-20-22-24-25-26-27-29-31-33-35-37-39-41-48(50)56-47(46-55-57(51,52)54-44-42-49(3,4)5)45-53-43-40-38-36-34-32-30-28-23-21-19-17-15-13-11-9-7-2/h47H,6-46H2,1-5H3. The van der Waals surface area contributed by atoms with Crippen LogP contribution in [0.4, 0.5) is 0 Å². The lowest BCUT2D eigenvalue weighted by Gasteiger charge is -2.28. The fraction of sp³-hybridized carbons (Fsp3) is 0.979. The van der Waals surface area contributed by atoms with E-state index >= 15 is 0 Å². The molecule has 342 valence electrons. The van der Waals surface area contributed by atoms with Crippen molar-refractivity contribution >= 4 is 13.8 Å². The van der Waals surface area contributed by atoms with Crippen LogP contribution in [0.3, 0.4) is 0 Å². The molecule has 8 nitrogen and oxygen atoms in total. The number of hydrogen-bond acceptors (Lipinski definition) is 7. The molecular formula is C48H98NO7P. The highest BCUT2D eigenvalue weighted by atomic mass is 31.2. The molecule has 0 heterocycles. The molecule has 0 amide bonds. The summed E-state index contributed by atoms with van der Waals surface area (Å²) < 4.78 is 34.7. The minimum atomic E-state index is -4.52. The molecule has 0 saturated carbocycles. The van der Waals surface area contributed by atoms with Gasteiger partial charge in [-0.1, -0.05) is 226 Å². The average molecular weight is 832 g/mol. The van der Waals surface area contributed by atoms with Crippen LogP contribution in [-0.4, -0.2) is 70.7 Å². The summed E-state index contributed by atoms with van der Waals surface area (Å²) in [5, 5.41) is 0. The molecule has 0 bridgehead atoms. The average Bonchev–Trinajstić information content (AvgIpc) is 3.16. The van der Waals surface area contributed by atoms with E-state index in [0.717, 1.165) is 32.1 Å². The Kier molecular flexibility index (Phi) is 41.8. The third kappa shape index (κ3) is 46.4. The zero-order valence-corrected chi connectivity index (χ0v) is 39.7. The normalized spacial score (nSPS) is 13.6. The molecule has 0 saturated heterocycles. The van der Waals surface area contributed by atoms with Crippen LogP contribution < -0.4 is 4.89 Å². The number of unbranched alkanes of at least 4 members (excludes halogenated alkanes) is 33. The largest absolute Gasteiger partial charge is 0.756 e. The molecule has 0 spiro atoms. The van der Waals surface area contributed by atoms with Crippen LogP contribution in [0, 0.1) is 0 Å². The third-order valence-corrected chi connectivity index (χ3v) is 12.1. The Bertz CT molecular complexity index is 883. The van der Waals surface area contributed by atoms with E-state index in [0.29, 0.717) is 24.1 Å². The van der Waals surface area contributed by atoms with Gasteiger partial charge in [-0.25, -0.2) is 0 Å². The summed E-state index contributed by atoms with van der Waals surface area (Å²) in [5.74, 6) is -0.326. The number of carbonyl (C=O) groups is 1. The Hall–Kier alpha value is -0.500. The predicted octanol–water partition coefficient (Wildman–Crippen LogP) is 14.2. The van der Waals surface area contributed by atoms with Gasteiger partial charge in [-0.05, 0) is 12.8 Å². The molecule has 2 unspecified atom stereocenters. The molecule has 0 aromatic carbocycles. The lowest BCUT2D eigenvalue weighted by atomic mass is 10.0. The number of phosphoric acid groups is 1. The van der Waals surface area contributed by atoms with Crippen LogP contribution >= 0.6 is 7.82 Å². The molecular weight excluding hydrogens is 734 g/mol. The smallest absolute Gasteiger partial charge is 0.306 e. The molecule has 0 aromatic rings. The van der Waals surface area contributed by atoms with Crippen molar-refractivity contribution in [2.75, 3.05) is 54.1 Å². The first-order valence-corrected chi connectivity index (χ1v) is 26.2. The Morgan fingerprint density at radius 2 is 0.807 bits per heavy atom. The van der Waals surface area contributed by atoms with Gasteiger partial charge in [0.2, 0.25) is 0 Å². The summed E-state index contributed by atoms with van der Waals surface area (Å²) in [4.78, 5) is 25.1. The van der Waals surface area contributed by atoms with E-state index in [1.807, 2.05) is 21.1 Å². The maximum atomic E-state index is 12.7. The Morgan fingerprint density at radius 3 is 1.16 bits per heavy atom. The lowest BCUT2D eigenvalue weighted by Crippen LogP contribution is -2.37. The summed E-state index contributed by atoms with van der Waals surface area (Å²) in [6.45, 7) is 5.49. The number of carbonyl (C=O) groups excluding carboxylic acids is 1. The van der Waals surface area contributed by atoms with E-state index in [-0.39, 0.29) is 25.8 Å². The van der Waals surface area contributed by atoms with Crippen LogP contribution in [-0.2, 0) is 27.9 Å². The monoisotopic (exact) mass is 832 g/mol. The van der Waals surface area contributed by atoms with E-state index in [4.69, 9.17) is 18.5 Å². The number of hydrogen-bond donors (Lipinski definition) is 0. The van der Waals surface area contributed by atoms with E-state index in [9.17, 15) is 14.3 Å². The molecule has 0 radical (unpaired) electrons. The Labute approximate surface area is 355 Å². The molecule has 9 heteroatoms. The number of likely N-dealkylation sites (N-methyl/N-ethyl adjacent to an activating group) is 1. The molecule has 0 fully saturated rings. The first-order chi connectivity index (χ1) is 27.6. The van der Waals surface area contributed by atoms with Gasteiger partial charge in [-0.15, -0.1) is 0 Å².